The highest BCUT2D eigenvalue weighted by Gasteiger charge is 2.21. The van der Waals surface area contributed by atoms with Gasteiger partial charge in [-0.25, -0.2) is 0 Å². The second-order valence-corrected chi connectivity index (χ2v) is 6.79. The first-order valence-corrected chi connectivity index (χ1v) is 9.16. The molecule has 1 amide bonds. The molecular formula is C19H27N3OS. The first-order valence-electron chi connectivity index (χ1n) is 8.69. The average Bonchev–Trinajstić information content (AvgIpc) is 2.58. The fraction of sp³-hybridized carbons (Fsp3) is 0.526. The number of nitrogens with zero attached hydrogens (tertiary/aromatic N) is 2. The van der Waals surface area contributed by atoms with Crippen molar-refractivity contribution in [2.24, 2.45) is 5.92 Å². The van der Waals surface area contributed by atoms with E-state index >= 15 is 0 Å². The van der Waals surface area contributed by atoms with Crippen LogP contribution in [0.1, 0.15) is 31.9 Å². The Morgan fingerprint density at radius 2 is 2.25 bits per heavy atom. The van der Waals surface area contributed by atoms with Crippen LogP contribution in [0.15, 0.2) is 36.5 Å². The van der Waals surface area contributed by atoms with Crippen LogP contribution in [0, 0.1) is 5.92 Å². The third kappa shape index (κ3) is 6.89. The Kier molecular flexibility index (Phi) is 8.05. The molecule has 0 saturated carbocycles. The summed E-state index contributed by atoms with van der Waals surface area (Å²) < 4.78 is 0. The Labute approximate surface area is 150 Å². The maximum absolute atomic E-state index is 12.1. The van der Waals surface area contributed by atoms with Crippen LogP contribution in [0.5, 0.6) is 0 Å². The molecule has 24 heavy (non-hydrogen) atoms. The molecule has 1 unspecified atom stereocenters. The molecule has 1 fully saturated rings. The maximum atomic E-state index is 12.1. The van der Waals surface area contributed by atoms with Crippen LogP contribution in [0.25, 0.3) is 0 Å². The van der Waals surface area contributed by atoms with Crippen LogP contribution >= 0.6 is 12.2 Å². The van der Waals surface area contributed by atoms with Crippen LogP contribution in [0.3, 0.4) is 0 Å². The Hall–Kier alpha value is -1.59. The fourth-order valence-corrected chi connectivity index (χ4v) is 3.20. The highest BCUT2D eigenvalue weighted by molar-refractivity contribution is 7.79. The van der Waals surface area contributed by atoms with Gasteiger partial charge in [0, 0.05) is 23.3 Å². The summed E-state index contributed by atoms with van der Waals surface area (Å²) in [6, 6.07) is 6.24. The van der Waals surface area contributed by atoms with Crippen molar-refractivity contribution in [3.8, 4) is 0 Å². The number of thiocarbonyl (C=S) groups is 1. The number of hydrogen-bond acceptors (Lipinski definition) is 4. The van der Waals surface area contributed by atoms with E-state index in [1.807, 2.05) is 37.4 Å². The largest absolute Gasteiger partial charge is 0.352 e. The maximum Gasteiger partial charge on any atom is 0.234 e. The smallest absolute Gasteiger partial charge is 0.234 e. The number of nitrogens with one attached hydrogen (secondary N) is 1. The molecule has 0 radical (unpaired) electrons. The van der Waals surface area contributed by atoms with E-state index in [0.29, 0.717) is 12.5 Å². The van der Waals surface area contributed by atoms with Gasteiger partial charge < -0.3 is 5.32 Å². The Morgan fingerprint density at radius 1 is 1.46 bits per heavy atom. The molecule has 0 aromatic carbocycles. The van der Waals surface area contributed by atoms with E-state index in [1.165, 1.54) is 5.69 Å². The molecule has 2 heterocycles. The molecule has 1 aromatic heterocycles. The van der Waals surface area contributed by atoms with Gasteiger partial charge in [-0.2, -0.15) is 0 Å². The zero-order valence-corrected chi connectivity index (χ0v) is 15.2. The molecular weight excluding hydrogens is 318 g/mol. The minimum absolute atomic E-state index is 0.112. The van der Waals surface area contributed by atoms with Gasteiger partial charge in [-0.3, -0.25) is 14.7 Å². The van der Waals surface area contributed by atoms with Gasteiger partial charge in [0.1, 0.15) is 0 Å². The number of allylic oxidation sites excluding steroid dienone is 1. The highest BCUT2D eigenvalue weighted by atomic mass is 32.1. The molecule has 0 aliphatic carbocycles. The fourth-order valence-electron chi connectivity index (χ4n) is 3.08. The van der Waals surface area contributed by atoms with E-state index in [-0.39, 0.29) is 11.9 Å². The van der Waals surface area contributed by atoms with Crippen molar-refractivity contribution < 1.29 is 4.79 Å². The Bertz CT molecular complexity index is 539. The average molecular weight is 346 g/mol. The van der Waals surface area contributed by atoms with Gasteiger partial charge in [-0.1, -0.05) is 30.4 Å². The van der Waals surface area contributed by atoms with Gasteiger partial charge in [0.05, 0.1) is 6.54 Å². The van der Waals surface area contributed by atoms with E-state index in [1.54, 1.807) is 5.37 Å². The topological polar surface area (TPSA) is 45.2 Å². The second-order valence-electron chi connectivity index (χ2n) is 6.51. The van der Waals surface area contributed by atoms with Crippen LogP contribution in [0.4, 0.5) is 0 Å². The van der Waals surface area contributed by atoms with Crippen LogP contribution in [0.2, 0.25) is 0 Å². The van der Waals surface area contributed by atoms with Crippen LogP contribution in [-0.2, 0) is 11.2 Å². The minimum Gasteiger partial charge on any atom is -0.352 e. The van der Waals surface area contributed by atoms with Gasteiger partial charge in [0.25, 0.3) is 0 Å². The Morgan fingerprint density at radius 3 is 2.92 bits per heavy atom. The van der Waals surface area contributed by atoms with Crippen molar-refractivity contribution in [1.29, 1.82) is 0 Å². The number of piperidine rings is 1. The predicted molar refractivity (Wildman–Crippen MR) is 102 cm³/mol. The highest BCUT2D eigenvalue weighted by Crippen LogP contribution is 2.20. The van der Waals surface area contributed by atoms with Crippen LogP contribution < -0.4 is 5.32 Å². The van der Waals surface area contributed by atoms with Gasteiger partial charge in [0.2, 0.25) is 5.91 Å². The lowest BCUT2D eigenvalue weighted by Gasteiger charge is -2.31. The molecule has 2 rings (SSSR count). The number of carbonyl (C=O) groups is 1. The summed E-state index contributed by atoms with van der Waals surface area (Å²) in [7, 11) is 0. The van der Waals surface area contributed by atoms with Crippen LogP contribution in [-0.4, -0.2) is 46.8 Å². The Balaban J connectivity index is 1.66. The minimum atomic E-state index is 0.112. The van der Waals surface area contributed by atoms with Crippen molar-refractivity contribution in [2.45, 2.75) is 38.6 Å². The summed E-state index contributed by atoms with van der Waals surface area (Å²) in [5.74, 6) is 0.791. The number of pyridine rings is 1. The van der Waals surface area contributed by atoms with E-state index < -0.39 is 0 Å². The van der Waals surface area contributed by atoms with Crippen molar-refractivity contribution >= 4 is 23.5 Å². The molecule has 1 saturated heterocycles. The van der Waals surface area contributed by atoms with Gasteiger partial charge in [0.15, 0.2) is 0 Å². The SMILES string of the molecule is CC(CC=CC=S)NC(=O)CN1CCC(Cc2ccccn2)CC1. The molecule has 5 heteroatoms. The van der Waals surface area contributed by atoms with Gasteiger partial charge in [-0.15, -0.1) is 0 Å². The van der Waals surface area contributed by atoms with Crippen molar-refractivity contribution in [2.75, 3.05) is 19.6 Å². The number of rotatable bonds is 8. The molecule has 1 aliphatic rings. The molecule has 0 bridgehead atoms. The van der Waals surface area contributed by atoms with E-state index in [2.05, 4.69) is 21.3 Å². The van der Waals surface area contributed by atoms with E-state index in [9.17, 15) is 4.79 Å². The first kappa shape index (κ1) is 18.7. The summed E-state index contributed by atoms with van der Waals surface area (Å²) in [6.07, 6.45) is 9.81. The number of hydrogen-bond donors (Lipinski definition) is 1. The third-order valence-corrected chi connectivity index (χ3v) is 4.57. The molecule has 1 aromatic rings. The molecule has 1 atom stereocenters. The molecule has 1 aliphatic heterocycles. The number of amides is 1. The van der Waals surface area contributed by atoms with Crippen molar-refractivity contribution in [3.63, 3.8) is 0 Å². The molecule has 0 spiro atoms. The van der Waals surface area contributed by atoms with Gasteiger partial charge >= 0.3 is 0 Å². The lowest BCUT2D eigenvalue weighted by molar-refractivity contribution is -0.123. The zero-order valence-electron chi connectivity index (χ0n) is 14.4. The second kappa shape index (κ2) is 10.3. The third-order valence-electron chi connectivity index (χ3n) is 4.41. The summed E-state index contributed by atoms with van der Waals surface area (Å²) >= 11 is 4.74. The summed E-state index contributed by atoms with van der Waals surface area (Å²) in [4.78, 5) is 18.8. The summed E-state index contributed by atoms with van der Waals surface area (Å²) in [5.41, 5.74) is 1.17. The standard InChI is InChI=1S/C19H27N3OS/c1-16(6-3-5-13-24)21-19(23)15-22-11-8-17(9-12-22)14-18-7-2-4-10-20-18/h2-5,7,10,13,16-17H,6,8-9,11-12,14-15H2,1H3,(H,21,23). The van der Waals surface area contributed by atoms with E-state index in [4.69, 9.17) is 12.2 Å². The normalized spacial score (nSPS) is 17.7. The van der Waals surface area contributed by atoms with Crippen molar-refractivity contribution in [3.05, 3.63) is 42.2 Å². The number of likely N-dealkylation sites (tertiary alicyclic amines) is 1. The monoisotopic (exact) mass is 345 g/mol. The lowest BCUT2D eigenvalue weighted by atomic mass is 9.92. The predicted octanol–water partition coefficient (Wildman–Crippen LogP) is 2.79. The quantitative estimate of drug-likeness (QED) is 0.581. The number of carbonyl (C=O) groups excluding carboxylic acids is 1. The first-order chi connectivity index (χ1) is 11.7. The summed E-state index contributed by atoms with van der Waals surface area (Å²) in [5, 5.41) is 4.63. The summed E-state index contributed by atoms with van der Waals surface area (Å²) in [6.45, 7) is 4.50. The van der Waals surface area contributed by atoms with Crippen molar-refractivity contribution in [1.82, 2.24) is 15.2 Å². The van der Waals surface area contributed by atoms with E-state index in [0.717, 1.165) is 38.8 Å². The lowest BCUT2D eigenvalue weighted by Crippen LogP contribution is -2.44. The molecule has 1 N–H and O–H groups in total. The molecule has 130 valence electrons. The zero-order chi connectivity index (χ0) is 17.2. The molecule has 4 nitrogen and oxygen atoms in total. The number of aromatic nitrogens is 1. The van der Waals surface area contributed by atoms with Gasteiger partial charge in [-0.05, 0) is 63.7 Å².